The van der Waals surface area contributed by atoms with E-state index in [9.17, 15) is 4.79 Å². The summed E-state index contributed by atoms with van der Waals surface area (Å²) in [5.41, 5.74) is 3.99. The second-order valence-corrected chi connectivity index (χ2v) is 7.45. The normalized spacial score (nSPS) is 16.9. The predicted octanol–water partition coefficient (Wildman–Crippen LogP) is 3.78. The number of fused-ring (bicyclic) bond motifs is 2. The van der Waals surface area contributed by atoms with Gasteiger partial charge in [-0.3, -0.25) is 4.79 Å². The van der Waals surface area contributed by atoms with E-state index in [0.717, 1.165) is 24.8 Å². The zero-order chi connectivity index (χ0) is 20.3. The quantitative estimate of drug-likeness (QED) is 0.671. The standard InChI is InChI=1S/C23H22N2O5/c26-23(24-19-7-3-5-15-4-1-2-6-18(15)19)13-27-12-17-11-21(30-25-17)16-8-9-20-22(10-16)29-14-28-20/h1-2,4,6,8-11,19H,3,5,7,12-14H2,(H,24,26). The van der Waals surface area contributed by atoms with Crippen LogP contribution in [0.5, 0.6) is 11.5 Å². The molecule has 1 amide bonds. The van der Waals surface area contributed by atoms with Crippen molar-refractivity contribution in [2.24, 2.45) is 0 Å². The van der Waals surface area contributed by atoms with Crippen LogP contribution in [-0.2, 0) is 22.6 Å². The van der Waals surface area contributed by atoms with Gasteiger partial charge in [0.15, 0.2) is 17.3 Å². The SMILES string of the molecule is O=C(COCc1cc(-c2ccc3c(c2)OCO3)on1)NC1CCCc2ccccc21. The molecule has 1 aliphatic heterocycles. The van der Waals surface area contributed by atoms with Crippen molar-refractivity contribution in [3.8, 4) is 22.8 Å². The Morgan fingerprint density at radius 1 is 1.13 bits per heavy atom. The molecule has 2 aromatic carbocycles. The van der Waals surface area contributed by atoms with Crippen LogP contribution in [0.4, 0.5) is 0 Å². The molecule has 0 spiro atoms. The van der Waals surface area contributed by atoms with Crippen LogP contribution in [-0.4, -0.2) is 24.5 Å². The Balaban J connectivity index is 1.14. The van der Waals surface area contributed by atoms with Gasteiger partial charge in [0.1, 0.15) is 12.3 Å². The van der Waals surface area contributed by atoms with Gasteiger partial charge in [-0.15, -0.1) is 0 Å². The van der Waals surface area contributed by atoms with Crippen molar-refractivity contribution in [3.63, 3.8) is 0 Å². The van der Waals surface area contributed by atoms with E-state index in [1.54, 1.807) is 6.07 Å². The molecule has 2 aliphatic rings. The molecule has 1 unspecified atom stereocenters. The molecule has 0 bridgehead atoms. The minimum atomic E-state index is -0.129. The van der Waals surface area contributed by atoms with E-state index in [1.807, 2.05) is 30.3 Å². The van der Waals surface area contributed by atoms with Gasteiger partial charge in [-0.2, -0.15) is 0 Å². The molecule has 1 atom stereocenters. The van der Waals surface area contributed by atoms with E-state index < -0.39 is 0 Å². The summed E-state index contributed by atoms with van der Waals surface area (Å²) in [6.45, 7) is 0.399. The van der Waals surface area contributed by atoms with Gasteiger partial charge < -0.3 is 24.1 Å². The Hall–Kier alpha value is -3.32. The van der Waals surface area contributed by atoms with Crippen molar-refractivity contribution in [2.75, 3.05) is 13.4 Å². The maximum Gasteiger partial charge on any atom is 0.246 e. The van der Waals surface area contributed by atoms with Crippen LogP contribution < -0.4 is 14.8 Å². The van der Waals surface area contributed by atoms with Gasteiger partial charge in [-0.25, -0.2) is 0 Å². The number of aromatic nitrogens is 1. The van der Waals surface area contributed by atoms with Gasteiger partial charge in [0.25, 0.3) is 0 Å². The van der Waals surface area contributed by atoms with Crippen molar-refractivity contribution in [1.82, 2.24) is 10.5 Å². The van der Waals surface area contributed by atoms with Gasteiger partial charge in [0.05, 0.1) is 12.6 Å². The highest BCUT2D eigenvalue weighted by atomic mass is 16.7. The van der Waals surface area contributed by atoms with Crippen molar-refractivity contribution < 1.29 is 23.5 Å². The first-order valence-corrected chi connectivity index (χ1v) is 10.1. The first-order chi connectivity index (χ1) is 14.8. The van der Waals surface area contributed by atoms with E-state index >= 15 is 0 Å². The first-order valence-electron chi connectivity index (χ1n) is 10.1. The first kappa shape index (κ1) is 18.7. The Morgan fingerprint density at radius 3 is 3.00 bits per heavy atom. The number of nitrogens with one attached hydrogen (secondary N) is 1. The van der Waals surface area contributed by atoms with Crippen LogP contribution in [0.25, 0.3) is 11.3 Å². The summed E-state index contributed by atoms with van der Waals surface area (Å²) in [5, 5.41) is 7.11. The van der Waals surface area contributed by atoms with E-state index in [1.165, 1.54) is 11.1 Å². The summed E-state index contributed by atoms with van der Waals surface area (Å²) in [6.07, 6.45) is 3.09. The van der Waals surface area contributed by atoms with Gasteiger partial charge in [-0.05, 0) is 48.6 Å². The highest BCUT2D eigenvalue weighted by molar-refractivity contribution is 5.77. The van der Waals surface area contributed by atoms with Crippen LogP contribution in [0.15, 0.2) is 53.1 Å². The molecule has 0 saturated heterocycles. The summed E-state index contributed by atoms with van der Waals surface area (Å²) < 4.78 is 21.7. The summed E-state index contributed by atoms with van der Waals surface area (Å²) in [5.74, 6) is 1.88. The smallest absolute Gasteiger partial charge is 0.246 e. The highest BCUT2D eigenvalue weighted by Gasteiger charge is 2.21. The van der Waals surface area contributed by atoms with Crippen LogP contribution in [0.1, 0.15) is 35.7 Å². The van der Waals surface area contributed by atoms with Crippen molar-refractivity contribution >= 4 is 5.91 Å². The Labute approximate surface area is 173 Å². The maximum atomic E-state index is 12.3. The van der Waals surface area contributed by atoms with Gasteiger partial charge in [0, 0.05) is 11.6 Å². The molecule has 1 aliphatic carbocycles. The number of carbonyl (C=O) groups is 1. The summed E-state index contributed by atoms with van der Waals surface area (Å²) in [7, 11) is 0. The summed E-state index contributed by atoms with van der Waals surface area (Å²) in [4.78, 5) is 12.3. The number of ether oxygens (including phenoxy) is 3. The molecule has 30 heavy (non-hydrogen) atoms. The van der Waals surface area contributed by atoms with Crippen LogP contribution in [0.2, 0.25) is 0 Å². The molecular weight excluding hydrogens is 384 g/mol. The van der Waals surface area contributed by atoms with Crippen LogP contribution >= 0.6 is 0 Å². The minimum Gasteiger partial charge on any atom is -0.454 e. The monoisotopic (exact) mass is 406 g/mol. The number of amides is 1. The molecule has 0 fully saturated rings. The third-order valence-electron chi connectivity index (χ3n) is 5.40. The lowest BCUT2D eigenvalue weighted by atomic mass is 9.88. The molecule has 2 heterocycles. The molecule has 1 N–H and O–H groups in total. The second-order valence-electron chi connectivity index (χ2n) is 7.45. The highest BCUT2D eigenvalue weighted by Crippen LogP contribution is 2.36. The number of nitrogens with zero attached hydrogens (tertiary/aromatic N) is 1. The fraction of sp³-hybridized carbons (Fsp3) is 0.304. The summed E-state index contributed by atoms with van der Waals surface area (Å²) in [6, 6.07) is 15.7. The Kier molecular flexibility index (Phi) is 5.11. The number of benzene rings is 2. The lowest BCUT2D eigenvalue weighted by Gasteiger charge is -2.26. The number of carbonyl (C=O) groups excluding carboxylic acids is 1. The lowest BCUT2D eigenvalue weighted by Crippen LogP contribution is -2.33. The van der Waals surface area contributed by atoms with E-state index in [0.29, 0.717) is 23.0 Å². The van der Waals surface area contributed by atoms with Gasteiger partial charge in [0.2, 0.25) is 12.7 Å². The van der Waals surface area contributed by atoms with Crippen molar-refractivity contribution in [1.29, 1.82) is 0 Å². The molecule has 7 heteroatoms. The van der Waals surface area contributed by atoms with Crippen LogP contribution in [0, 0.1) is 0 Å². The average molecular weight is 406 g/mol. The fourth-order valence-corrected chi connectivity index (χ4v) is 3.95. The van der Waals surface area contributed by atoms with E-state index in [-0.39, 0.29) is 32.0 Å². The molecule has 0 radical (unpaired) electrons. The fourth-order valence-electron chi connectivity index (χ4n) is 3.95. The lowest BCUT2D eigenvalue weighted by molar-refractivity contribution is -0.127. The second kappa shape index (κ2) is 8.20. The number of hydrogen-bond donors (Lipinski definition) is 1. The molecule has 154 valence electrons. The van der Waals surface area contributed by atoms with E-state index in [4.69, 9.17) is 18.7 Å². The number of rotatable bonds is 6. The molecule has 3 aromatic rings. The number of hydrogen-bond acceptors (Lipinski definition) is 6. The largest absolute Gasteiger partial charge is 0.454 e. The summed E-state index contributed by atoms with van der Waals surface area (Å²) >= 11 is 0. The third-order valence-corrected chi connectivity index (χ3v) is 5.40. The van der Waals surface area contributed by atoms with E-state index in [2.05, 4.69) is 22.6 Å². The third kappa shape index (κ3) is 3.89. The Morgan fingerprint density at radius 2 is 2.03 bits per heavy atom. The predicted molar refractivity (Wildman–Crippen MR) is 108 cm³/mol. The number of aryl methyl sites for hydroxylation is 1. The molecular formula is C23H22N2O5. The topological polar surface area (TPSA) is 82.8 Å². The minimum absolute atomic E-state index is 0.0229. The average Bonchev–Trinajstić information content (AvgIpc) is 3.43. The van der Waals surface area contributed by atoms with Gasteiger partial charge in [-0.1, -0.05) is 29.4 Å². The van der Waals surface area contributed by atoms with Gasteiger partial charge >= 0.3 is 0 Å². The van der Waals surface area contributed by atoms with Crippen molar-refractivity contribution in [3.05, 3.63) is 65.4 Å². The zero-order valence-corrected chi connectivity index (χ0v) is 16.4. The molecule has 5 rings (SSSR count). The molecule has 0 saturated carbocycles. The maximum absolute atomic E-state index is 12.3. The van der Waals surface area contributed by atoms with Crippen LogP contribution in [0.3, 0.4) is 0 Å². The molecule has 1 aromatic heterocycles. The van der Waals surface area contributed by atoms with Crippen molar-refractivity contribution in [2.45, 2.75) is 31.9 Å². The Bertz CT molecular complexity index is 1060. The zero-order valence-electron chi connectivity index (χ0n) is 16.4. The molecule has 7 nitrogen and oxygen atoms in total.